The molecule has 0 spiro atoms. The second-order valence-electron chi connectivity index (χ2n) is 4.84. The number of para-hydroxylation sites is 1. The summed E-state index contributed by atoms with van der Waals surface area (Å²) in [5.41, 5.74) is -0.500. The Kier molecular flexibility index (Phi) is 6.07. The average molecular weight is 284 g/mol. The maximum absolute atomic E-state index is 13.4. The van der Waals surface area contributed by atoms with Crippen molar-refractivity contribution in [2.75, 3.05) is 11.9 Å². The van der Waals surface area contributed by atoms with Gasteiger partial charge in [-0.05, 0) is 31.4 Å². The molecule has 1 amide bonds. The van der Waals surface area contributed by atoms with E-state index in [1.807, 2.05) is 0 Å². The smallest absolute Gasteiger partial charge is 0.238 e. The lowest BCUT2D eigenvalue weighted by Crippen LogP contribution is -2.47. The molecular formula is C15H22F2N2O. The molecule has 0 fully saturated rings. The molecule has 0 unspecified atom stereocenters. The van der Waals surface area contributed by atoms with Gasteiger partial charge in [0, 0.05) is 5.54 Å². The molecule has 112 valence electrons. The summed E-state index contributed by atoms with van der Waals surface area (Å²) >= 11 is 0. The molecule has 0 aromatic heterocycles. The van der Waals surface area contributed by atoms with Crippen molar-refractivity contribution in [1.29, 1.82) is 0 Å². The largest absolute Gasteiger partial charge is 0.320 e. The van der Waals surface area contributed by atoms with Gasteiger partial charge in [0.15, 0.2) is 0 Å². The number of anilines is 1. The van der Waals surface area contributed by atoms with Gasteiger partial charge in [0.05, 0.1) is 6.54 Å². The van der Waals surface area contributed by atoms with E-state index in [4.69, 9.17) is 0 Å². The summed E-state index contributed by atoms with van der Waals surface area (Å²) in [7, 11) is 0. The van der Waals surface area contributed by atoms with Crippen LogP contribution >= 0.6 is 0 Å². The van der Waals surface area contributed by atoms with E-state index in [9.17, 15) is 13.6 Å². The zero-order valence-electron chi connectivity index (χ0n) is 12.2. The number of hydrogen-bond acceptors (Lipinski definition) is 2. The Bertz CT molecular complexity index is 431. The first-order valence-electron chi connectivity index (χ1n) is 6.97. The molecule has 0 aliphatic carbocycles. The predicted molar refractivity (Wildman–Crippen MR) is 76.6 cm³/mol. The average Bonchev–Trinajstić information content (AvgIpc) is 2.45. The first-order valence-corrected chi connectivity index (χ1v) is 6.97. The highest BCUT2D eigenvalue weighted by molar-refractivity contribution is 5.92. The lowest BCUT2D eigenvalue weighted by molar-refractivity contribution is -0.115. The van der Waals surface area contributed by atoms with Gasteiger partial charge in [-0.2, -0.15) is 0 Å². The molecule has 1 rings (SSSR count). The van der Waals surface area contributed by atoms with Crippen LogP contribution in [0.15, 0.2) is 18.2 Å². The van der Waals surface area contributed by atoms with Crippen molar-refractivity contribution in [3.8, 4) is 0 Å². The normalized spacial score (nSPS) is 11.4. The Morgan fingerprint density at radius 1 is 1.10 bits per heavy atom. The molecule has 0 saturated carbocycles. The summed E-state index contributed by atoms with van der Waals surface area (Å²) in [5, 5.41) is 5.46. The van der Waals surface area contributed by atoms with Crippen LogP contribution in [0.25, 0.3) is 0 Å². The molecular weight excluding hydrogens is 262 g/mol. The standard InChI is InChI=1S/C15H22F2N2O/c1-4-15(5-2,6-3)18-10-13(20)19-14-11(16)8-7-9-12(14)17/h7-9,18H,4-6,10H2,1-3H3,(H,19,20). The monoisotopic (exact) mass is 284 g/mol. The molecule has 1 aromatic carbocycles. The van der Waals surface area contributed by atoms with Crippen molar-refractivity contribution in [3.63, 3.8) is 0 Å². The van der Waals surface area contributed by atoms with Gasteiger partial charge in [-0.1, -0.05) is 26.8 Å². The van der Waals surface area contributed by atoms with Gasteiger partial charge in [0.1, 0.15) is 17.3 Å². The molecule has 20 heavy (non-hydrogen) atoms. The SMILES string of the molecule is CCC(CC)(CC)NCC(=O)Nc1c(F)cccc1F. The Hall–Kier alpha value is -1.49. The van der Waals surface area contributed by atoms with E-state index in [1.54, 1.807) is 0 Å². The molecule has 0 radical (unpaired) electrons. The minimum Gasteiger partial charge on any atom is -0.320 e. The Morgan fingerprint density at radius 2 is 1.60 bits per heavy atom. The van der Waals surface area contributed by atoms with Gasteiger partial charge in [0.25, 0.3) is 0 Å². The highest BCUT2D eigenvalue weighted by atomic mass is 19.1. The van der Waals surface area contributed by atoms with Crippen molar-refractivity contribution in [3.05, 3.63) is 29.8 Å². The summed E-state index contributed by atoms with van der Waals surface area (Å²) in [4.78, 5) is 11.8. The van der Waals surface area contributed by atoms with Crippen LogP contribution in [-0.4, -0.2) is 18.0 Å². The van der Waals surface area contributed by atoms with Gasteiger partial charge >= 0.3 is 0 Å². The van der Waals surface area contributed by atoms with E-state index in [1.165, 1.54) is 6.07 Å². The second kappa shape index (κ2) is 7.33. The highest BCUT2D eigenvalue weighted by Crippen LogP contribution is 2.20. The van der Waals surface area contributed by atoms with Gasteiger partial charge < -0.3 is 10.6 Å². The van der Waals surface area contributed by atoms with Gasteiger partial charge in [-0.25, -0.2) is 8.78 Å². The summed E-state index contributed by atoms with van der Waals surface area (Å²) in [6, 6.07) is 3.48. The summed E-state index contributed by atoms with van der Waals surface area (Å²) in [6.45, 7) is 6.18. The van der Waals surface area contributed by atoms with Crippen molar-refractivity contribution in [2.24, 2.45) is 0 Å². The summed E-state index contributed by atoms with van der Waals surface area (Å²) in [6.07, 6.45) is 2.67. The number of carbonyl (C=O) groups is 1. The lowest BCUT2D eigenvalue weighted by atomic mass is 9.90. The Labute approximate surface area is 118 Å². The number of nitrogens with one attached hydrogen (secondary N) is 2. The van der Waals surface area contributed by atoms with Crippen LogP contribution in [0.2, 0.25) is 0 Å². The molecule has 1 aromatic rings. The maximum Gasteiger partial charge on any atom is 0.238 e. The topological polar surface area (TPSA) is 41.1 Å². The van der Waals surface area contributed by atoms with Crippen LogP contribution in [-0.2, 0) is 4.79 Å². The van der Waals surface area contributed by atoms with Crippen molar-refractivity contribution in [1.82, 2.24) is 5.32 Å². The fourth-order valence-corrected chi connectivity index (χ4v) is 2.19. The predicted octanol–water partition coefficient (Wildman–Crippen LogP) is 3.46. The van der Waals surface area contributed by atoms with E-state index >= 15 is 0 Å². The van der Waals surface area contributed by atoms with E-state index in [0.29, 0.717) is 0 Å². The second-order valence-corrected chi connectivity index (χ2v) is 4.84. The summed E-state index contributed by atoms with van der Waals surface area (Å²) in [5.74, 6) is -1.99. The number of halogens is 2. The number of hydrogen-bond donors (Lipinski definition) is 2. The van der Waals surface area contributed by atoms with Gasteiger partial charge in [0.2, 0.25) is 5.91 Å². The zero-order chi connectivity index (χ0) is 15.2. The van der Waals surface area contributed by atoms with E-state index < -0.39 is 23.2 Å². The number of rotatable bonds is 7. The number of amides is 1. The zero-order valence-corrected chi connectivity index (χ0v) is 12.2. The quantitative estimate of drug-likeness (QED) is 0.805. The van der Waals surface area contributed by atoms with E-state index in [2.05, 4.69) is 31.4 Å². The minimum absolute atomic E-state index is 0.0310. The van der Waals surface area contributed by atoms with E-state index in [-0.39, 0.29) is 12.1 Å². The van der Waals surface area contributed by atoms with Crippen molar-refractivity contribution >= 4 is 11.6 Å². The molecule has 0 atom stereocenters. The Morgan fingerprint density at radius 3 is 2.05 bits per heavy atom. The van der Waals surface area contributed by atoms with Crippen molar-refractivity contribution < 1.29 is 13.6 Å². The fourth-order valence-electron chi connectivity index (χ4n) is 2.19. The first kappa shape index (κ1) is 16.6. The first-order chi connectivity index (χ1) is 9.48. The van der Waals surface area contributed by atoms with Gasteiger partial charge in [-0.3, -0.25) is 4.79 Å². The number of benzene rings is 1. The maximum atomic E-state index is 13.4. The molecule has 0 aliphatic heterocycles. The van der Waals surface area contributed by atoms with Crippen LogP contribution < -0.4 is 10.6 Å². The third-order valence-electron chi connectivity index (χ3n) is 3.88. The van der Waals surface area contributed by atoms with Crippen LogP contribution in [0, 0.1) is 11.6 Å². The molecule has 0 aliphatic rings. The molecule has 5 heteroatoms. The van der Waals surface area contributed by atoms with Crippen LogP contribution in [0.3, 0.4) is 0 Å². The third-order valence-corrected chi connectivity index (χ3v) is 3.88. The molecule has 3 nitrogen and oxygen atoms in total. The Balaban J connectivity index is 2.65. The van der Waals surface area contributed by atoms with Crippen LogP contribution in [0.4, 0.5) is 14.5 Å². The van der Waals surface area contributed by atoms with Crippen molar-refractivity contribution in [2.45, 2.75) is 45.6 Å². The third kappa shape index (κ3) is 4.00. The molecule has 0 bridgehead atoms. The van der Waals surface area contributed by atoms with Crippen LogP contribution in [0.5, 0.6) is 0 Å². The molecule has 2 N–H and O–H groups in total. The summed E-state index contributed by atoms with van der Waals surface area (Å²) < 4.78 is 26.8. The van der Waals surface area contributed by atoms with Gasteiger partial charge in [-0.15, -0.1) is 0 Å². The minimum atomic E-state index is -0.772. The van der Waals surface area contributed by atoms with Crippen LogP contribution in [0.1, 0.15) is 40.0 Å². The molecule has 0 saturated heterocycles. The lowest BCUT2D eigenvalue weighted by Gasteiger charge is -2.31. The fraction of sp³-hybridized carbons (Fsp3) is 0.533. The highest BCUT2D eigenvalue weighted by Gasteiger charge is 2.24. The molecule has 0 heterocycles. The number of carbonyl (C=O) groups excluding carboxylic acids is 1. The van der Waals surface area contributed by atoms with E-state index in [0.717, 1.165) is 31.4 Å².